The molecule has 0 aliphatic heterocycles. The van der Waals surface area contributed by atoms with Gasteiger partial charge in [0.15, 0.2) is 0 Å². The zero-order valence-electron chi connectivity index (χ0n) is 18.1. The van der Waals surface area contributed by atoms with Crippen LogP contribution in [0.4, 0.5) is 26.3 Å². The van der Waals surface area contributed by atoms with E-state index in [4.69, 9.17) is 4.74 Å². The molecule has 0 radical (unpaired) electrons. The molecule has 1 aromatic rings. The van der Waals surface area contributed by atoms with E-state index in [9.17, 15) is 35.9 Å². The molecule has 0 atom stereocenters. The number of carbonyl (C=O) groups excluding carboxylic acids is 2. The summed E-state index contributed by atoms with van der Waals surface area (Å²) in [7, 11) is 0. The van der Waals surface area contributed by atoms with E-state index in [1.54, 1.807) is 0 Å². The van der Waals surface area contributed by atoms with Gasteiger partial charge in [0.05, 0.1) is 30.0 Å². The van der Waals surface area contributed by atoms with Gasteiger partial charge in [-0.05, 0) is 25.0 Å². The molecule has 0 spiro atoms. The van der Waals surface area contributed by atoms with Crippen LogP contribution in [0.15, 0.2) is 18.3 Å². The fraction of sp³-hybridized carbons (Fsp3) is 0.667. The first-order valence-corrected chi connectivity index (χ1v) is 10.8. The normalized spacial score (nSPS) is 22.5. The molecule has 3 rings (SSSR count). The van der Waals surface area contributed by atoms with Crippen molar-refractivity contribution in [3.05, 3.63) is 29.6 Å². The first-order chi connectivity index (χ1) is 15.9. The molecule has 34 heavy (non-hydrogen) atoms. The minimum atomic E-state index is -4.72. The summed E-state index contributed by atoms with van der Waals surface area (Å²) in [5.41, 5.74) is -1.88. The molecule has 1 heterocycles. The zero-order chi connectivity index (χ0) is 25.0. The van der Waals surface area contributed by atoms with Gasteiger partial charge >= 0.3 is 12.5 Å². The lowest BCUT2D eigenvalue weighted by molar-refractivity contribution is -0.357. The first-order valence-electron chi connectivity index (χ1n) is 10.8. The summed E-state index contributed by atoms with van der Waals surface area (Å²) in [4.78, 5) is 29.1. The standard InChI is InChI=1S/C21H25F6N3O4/c22-20(23,24)13-4-5-14(28-10-13)11-29-18(32)19(6-2-1-3-7-19)30-17(31)12-33-15-8-16(9-15)34-21(25,26)27/h4-5,10,15-16H,1-3,6-9,11-12H2,(H,29,32)(H,30,31). The quantitative estimate of drug-likeness (QED) is 0.536. The van der Waals surface area contributed by atoms with Crippen molar-refractivity contribution in [2.75, 3.05) is 6.61 Å². The largest absolute Gasteiger partial charge is 0.522 e. The Morgan fingerprint density at radius 3 is 2.26 bits per heavy atom. The van der Waals surface area contributed by atoms with Gasteiger partial charge in [0.25, 0.3) is 0 Å². The molecule has 1 aromatic heterocycles. The maximum Gasteiger partial charge on any atom is 0.522 e. The fourth-order valence-electron chi connectivity index (χ4n) is 4.04. The average Bonchev–Trinajstić information content (AvgIpc) is 2.73. The number of pyridine rings is 1. The third-order valence-electron chi connectivity index (χ3n) is 5.90. The van der Waals surface area contributed by atoms with Crippen LogP contribution < -0.4 is 10.6 Å². The number of nitrogens with zero attached hydrogens (tertiary/aromatic N) is 1. The maximum atomic E-state index is 12.9. The van der Waals surface area contributed by atoms with Crippen LogP contribution in [0.1, 0.15) is 56.2 Å². The predicted molar refractivity (Wildman–Crippen MR) is 105 cm³/mol. The molecular weight excluding hydrogens is 472 g/mol. The van der Waals surface area contributed by atoms with Crippen molar-refractivity contribution in [2.45, 2.75) is 81.8 Å². The predicted octanol–water partition coefficient (Wildman–Crippen LogP) is 3.62. The zero-order valence-corrected chi connectivity index (χ0v) is 18.1. The average molecular weight is 497 g/mol. The number of ether oxygens (including phenoxy) is 2. The van der Waals surface area contributed by atoms with Crippen molar-refractivity contribution < 1.29 is 45.4 Å². The van der Waals surface area contributed by atoms with E-state index in [1.165, 1.54) is 0 Å². The monoisotopic (exact) mass is 497 g/mol. The van der Waals surface area contributed by atoms with Crippen molar-refractivity contribution in [3.63, 3.8) is 0 Å². The molecule has 2 saturated carbocycles. The van der Waals surface area contributed by atoms with Crippen LogP contribution in [0, 0.1) is 0 Å². The minimum Gasteiger partial charge on any atom is -0.368 e. The molecular formula is C21H25F6N3O4. The van der Waals surface area contributed by atoms with Gasteiger partial charge < -0.3 is 15.4 Å². The summed E-state index contributed by atoms with van der Waals surface area (Å²) in [6.07, 6.45) is -7.07. The summed E-state index contributed by atoms with van der Waals surface area (Å²) in [5, 5.41) is 5.32. The van der Waals surface area contributed by atoms with Gasteiger partial charge in [-0.15, -0.1) is 13.2 Å². The summed E-state index contributed by atoms with van der Waals surface area (Å²) < 4.78 is 83.7. The van der Waals surface area contributed by atoms with E-state index in [-0.39, 0.29) is 25.1 Å². The van der Waals surface area contributed by atoms with Gasteiger partial charge in [-0.3, -0.25) is 19.3 Å². The maximum absolute atomic E-state index is 12.9. The highest BCUT2D eigenvalue weighted by atomic mass is 19.4. The van der Waals surface area contributed by atoms with Crippen molar-refractivity contribution in [3.8, 4) is 0 Å². The Morgan fingerprint density at radius 2 is 1.71 bits per heavy atom. The van der Waals surface area contributed by atoms with Crippen LogP contribution >= 0.6 is 0 Å². The number of carbonyl (C=O) groups is 2. The molecule has 190 valence electrons. The van der Waals surface area contributed by atoms with Gasteiger partial charge in [-0.2, -0.15) is 13.2 Å². The topological polar surface area (TPSA) is 89.5 Å². The number of aromatic nitrogens is 1. The van der Waals surface area contributed by atoms with Crippen LogP contribution in [0.25, 0.3) is 0 Å². The molecule has 2 fully saturated rings. The van der Waals surface area contributed by atoms with E-state index in [0.717, 1.165) is 18.6 Å². The van der Waals surface area contributed by atoms with E-state index in [0.29, 0.717) is 31.9 Å². The molecule has 2 aliphatic carbocycles. The molecule has 0 saturated heterocycles. The molecule has 0 bridgehead atoms. The van der Waals surface area contributed by atoms with Crippen molar-refractivity contribution in [1.29, 1.82) is 0 Å². The van der Waals surface area contributed by atoms with Crippen LogP contribution in [-0.2, 0) is 31.8 Å². The van der Waals surface area contributed by atoms with E-state index < -0.39 is 54.3 Å². The highest BCUT2D eigenvalue weighted by Gasteiger charge is 2.43. The molecule has 2 amide bonds. The van der Waals surface area contributed by atoms with E-state index in [2.05, 4.69) is 20.4 Å². The van der Waals surface area contributed by atoms with Gasteiger partial charge in [-0.25, -0.2) is 0 Å². The Morgan fingerprint density at radius 1 is 1.03 bits per heavy atom. The molecule has 13 heteroatoms. The number of hydrogen-bond donors (Lipinski definition) is 2. The second kappa shape index (κ2) is 10.5. The number of rotatable bonds is 8. The third-order valence-corrected chi connectivity index (χ3v) is 5.90. The molecule has 2 N–H and O–H groups in total. The summed E-state index contributed by atoms with van der Waals surface area (Å²) in [6, 6.07) is 2.03. The Balaban J connectivity index is 1.49. The number of nitrogens with one attached hydrogen (secondary N) is 2. The van der Waals surface area contributed by atoms with E-state index in [1.807, 2.05) is 0 Å². The molecule has 0 unspecified atom stereocenters. The SMILES string of the molecule is O=C(COC1CC(OC(F)(F)F)C1)NC1(C(=O)NCc2ccc(C(F)(F)F)cn2)CCCCC1. The van der Waals surface area contributed by atoms with Crippen molar-refractivity contribution >= 4 is 11.8 Å². The first kappa shape index (κ1) is 26.2. The highest BCUT2D eigenvalue weighted by Crippen LogP contribution is 2.33. The van der Waals surface area contributed by atoms with Crippen molar-refractivity contribution in [1.82, 2.24) is 15.6 Å². The lowest BCUT2D eigenvalue weighted by Crippen LogP contribution is -2.60. The fourth-order valence-corrected chi connectivity index (χ4v) is 4.04. The van der Waals surface area contributed by atoms with Crippen LogP contribution in [0.3, 0.4) is 0 Å². The van der Waals surface area contributed by atoms with Gasteiger partial charge in [0.2, 0.25) is 11.8 Å². The van der Waals surface area contributed by atoms with E-state index >= 15 is 0 Å². The van der Waals surface area contributed by atoms with Crippen LogP contribution in [-0.4, -0.2) is 47.5 Å². The lowest BCUT2D eigenvalue weighted by Gasteiger charge is -2.37. The molecule has 7 nitrogen and oxygen atoms in total. The highest BCUT2D eigenvalue weighted by molar-refractivity contribution is 5.91. The van der Waals surface area contributed by atoms with Gasteiger partial charge in [0, 0.05) is 19.0 Å². The van der Waals surface area contributed by atoms with Gasteiger partial charge in [-0.1, -0.05) is 19.3 Å². The number of hydrogen-bond acceptors (Lipinski definition) is 5. The van der Waals surface area contributed by atoms with Crippen LogP contribution in [0.2, 0.25) is 0 Å². The van der Waals surface area contributed by atoms with Gasteiger partial charge in [0.1, 0.15) is 12.1 Å². The smallest absolute Gasteiger partial charge is 0.368 e. The molecule has 0 aromatic carbocycles. The van der Waals surface area contributed by atoms with Crippen LogP contribution in [0.5, 0.6) is 0 Å². The van der Waals surface area contributed by atoms with Crippen molar-refractivity contribution in [2.24, 2.45) is 0 Å². The Kier molecular flexibility index (Phi) is 8.06. The summed E-state index contributed by atoms with van der Waals surface area (Å²) >= 11 is 0. The number of alkyl halides is 6. The number of amides is 2. The lowest BCUT2D eigenvalue weighted by atomic mass is 9.80. The number of halogens is 6. The summed E-state index contributed by atoms with van der Waals surface area (Å²) in [6.45, 7) is -0.535. The second-order valence-corrected chi connectivity index (χ2v) is 8.50. The Hall–Kier alpha value is -2.41. The second-order valence-electron chi connectivity index (χ2n) is 8.50. The third kappa shape index (κ3) is 7.29. The Bertz CT molecular complexity index is 848. The Labute approximate surface area is 191 Å². The minimum absolute atomic E-state index is 0.0124. The molecule has 2 aliphatic rings. The summed E-state index contributed by atoms with van der Waals surface area (Å²) in [5.74, 6) is -1.06.